The van der Waals surface area contributed by atoms with E-state index in [-0.39, 0.29) is 0 Å². The minimum Gasteiger partial charge on any atom is -0.469 e. The highest BCUT2D eigenvalue weighted by atomic mass is 16.3. The Hall–Kier alpha value is -0.760. The first-order valence-electron chi connectivity index (χ1n) is 7.20. The van der Waals surface area contributed by atoms with Gasteiger partial charge < -0.3 is 9.52 Å². The van der Waals surface area contributed by atoms with Gasteiger partial charge in [0.15, 0.2) is 0 Å². The highest BCUT2D eigenvalue weighted by Crippen LogP contribution is 2.44. The fraction of sp³-hybridized carbons (Fsp3) is 0.750. The summed E-state index contributed by atoms with van der Waals surface area (Å²) in [7, 11) is 0. The molecule has 1 N–H and O–H groups in total. The first-order valence-corrected chi connectivity index (χ1v) is 7.20. The van der Waals surface area contributed by atoms with Gasteiger partial charge >= 0.3 is 0 Å². The predicted molar refractivity (Wildman–Crippen MR) is 73.4 cm³/mol. The van der Waals surface area contributed by atoms with Crippen LogP contribution in [0.25, 0.3) is 0 Å². The number of hydrogen-bond acceptors (Lipinski definition) is 2. The lowest BCUT2D eigenvalue weighted by molar-refractivity contribution is -0.0307. The van der Waals surface area contributed by atoms with E-state index in [1.807, 2.05) is 12.1 Å². The summed E-state index contributed by atoms with van der Waals surface area (Å²) < 4.78 is 5.36. The fourth-order valence-electron chi connectivity index (χ4n) is 3.14. The van der Waals surface area contributed by atoms with E-state index >= 15 is 0 Å². The first-order chi connectivity index (χ1) is 8.45. The zero-order valence-electron chi connectivity index (χ0n) is 11.9. The summed E-state index contributed by atoms with van der Waals surface area (Å²) in [5, 5.41) is 10.6. The molecule has 1 aromatic heterocycles. The van der Waals surface area contributed by atoms with Crippen LogP contribution in [0.5, 0.6) is 0 Å². The monoisotopic (exact) mass is 250 g/mol. The molecule has 0 aliphatic heterocycles. The minimum absolute atomic E-state index is 0.409. The molecular weight excluding hydrogens is 224 g/mol. The van der Waals surface area contributed by atoms with Crippen molar-refractivity contribution in [2.45, 2.75) is 64.9 Å². The summed E-state index contributed by atoms with van der Waals surface area (Å²) in [6, 6.07) is 3.85. The molecule has 0 unspecified atom stereocenters. The van der Waals surface area contributed by atoms with Crippen molar-refractivity contribution in [3.05, 3.63) is 24.2 Å². The van der Waals surface area contributed by atoms with Crippen molar-refractivity contribution in [3.63, 3.8) is 0 Å². The van der Waals surface area contributed by atoms with Crippen molar-refractivity contribution in [2.75, 3.05) is 0 Å². The molecule has 0 amide bonds. The molecular formula is C16H26O2. The van der Waals surface area contributed by atoms with Gasteiger partial charge in [0.25, 0.3) is 0 Å². The number of hydrogen-bond donors (Lipinski definition) is 1. The summed E-state index contributed by atoms with van der Waals surface area (Å²) in [4.78, 5) is 0. The Labute approximate surface area is 110 Å². The first kappa shape index (κ1) is 13.7. The maximum Gasteiger partial charge on any atom is 0.106 e. The number of furan rings is 1. The van der Waals surface area contributed by atoms with Gasteiger partial charge in [-0.15, -0.1) is 0 Å². The zero-order valence-corrected chi connectivity index (χ0v) is 11.9. The Balaban J connectivity index is 1.93. The molecule has 0 atom stereocenters. The normalized spacial score (nSPS) is 29.4. The second-order valence-corrected chi connectivity index (χ2v) is 6.60. The standard InChI is InChI=1S/C16H26O2/c1-4-15(2,3)13-7-9-16(17,10-8-13)12-14-6-5-11-18-14/h5-6,11,13,17H,4,7-10,12H2,1-3H3. The van der Waals surface area contributed by atoms with E-state index in [0.717, 1.165) is 37.4 Å². The third-order valence-electron chi connectivity index (χ3n) is 5.02. The van der Waals surface area contributed by atoms with E-state index in [0.29, 0.717) is 11.8 Å². The van der Waals surface area contributed by atoms with Crippen molar-refractivity contribution in [3.8, 4) is 0 Å². The number of aliphatic hydroxyl groups is 1. The van der Waals surface area contributed by atoms with Crippen LogP contribution in [0.15, 0.2) is 22.8 Å². The molecule has 102 valence electrons. The maximum atomic E-state index is 10.6. The van der Waals surface area contributed by atoms with Crippen LogP contribution in [0.4, 0.5) is 0 Å². The van der Waals surface area contributed by atoms with Crippen molar-refractivity contribution in [2.24, 2.45) is 11.3 Å². The highest BCUT2D eigenvalue weighted by molar-refractivity contribution is 5.04. The van der Waals surface area contributed by atoms with Crippen LogP contribution in [-0.4, -0.2) is 10.7 Å². The molecule has 1 aliphatic rings. The van der Waals surface area contributed by atoms with Gasteiger partial charge in [-0.05, 0) is 49.1 Å². The van der Waals surface area contributed by atoms with E-state index in [4.69, 9.17) is 4.42 Å². The van der Waals surface area contributed by atoms with Crippen LogP contribution in [0.1, 0.15) is 58.6 Å². The van der Waals surface area contributed by atoms with Crippen LogP contribution >= 0.6 is 0 Å². The third-order valence-corrected chi connectivity index (χ3v) is 5.02. The van der Waals surface area contributed by atoms with E-state index in [2.05, 4.69) is 20.8 Å². The average Bonchev–Trinajstić information content (AvgIpc) is 2.82. The fourth-order valence-corrected chi connectivity index (χ4v) is 3.14. The minimum atomic E-state index is -0.543. The van der Waals surface area contributed by atoms with E-state index in [1.54, 1.807) is 6.26 Å². The summed E-state index contributed by atoms with van der Waals surface area (Å²) >= 11 is 0. The third kappa shape index (κ3) is 2.97. The summed E-state index contributed by atoms with van der Waals surface area (Å²) in [6.45, 7) is 6.98. The lowest BCUT2D eigenvalue weighted by Gasteiger charge is -2.42. The van der Waals surface area contributed by atoms with E-state index in [9.17, 15) is 5.11 Å². The second-order valence-electron chi connectivity index (χ2n) is 6.60. The van der Waals surface area contributed by atoms with Crippen molar-refractivity contribution in [1.82, 2.24) is 0 Å². The van der Waals surface area contributed by atoms with Crippen LogP contribution in [0, 0.1) is 11.3 Å². The maximum absolute atomic E-state index is 10.6. The Morgan fingerprint density at radius 3 is 2.56 bits per heavy atom. The van der Waals surface area contributed by atoms with Gasteiger partial charge in [-0.2, -0.15) is 0 Å². The van der Waals surface area contributed by atoms with Crippen LogP contribution in [0.3, 0.4) is 0 Å². The second kappa shape index (κ2) is 5.08. The van der Waals surface area contributed by atoms with Crippen LogP contribution in [0.2, 0.25) is 0 Å². The van der Waals surface area contributed by atoms with Gasteiger partial charge in [0.2, 0.25) is 0 Å². The molecule has 1 saturated carbocycles. The molecule has 1 heterocycles. The average molecular weight is 250 g/mol. The van der Waals surface area contributed by atoms with Crippen molar-refractivity contribution < 1.29 is 9.52 Å². The molecule has 2 rings (SSSR count). The molecule has 2 heteroatoms. The van der Waals surface area contributed by atoms with Gasteiger partial charge in [0, 0.05) is 6.42 Å². The van der Waals surface area contributed by atoms with Crippen molar-refractivity contribution in [1.29, 1.82) is 0 Å². The lowest BCUT2D eigenvalue weighted by atomic mass is 9.66. The van der Waals surface area contributed by atoms with E-state index in [1.165, 1.54) is 6.42 Å². The summed E-state index contributed by atoms with van der Waals surface area (Å²) in [6.07, 6.45) is 7.65. The molecule has 2 nitrogen and oxygen atoms in total. The predicted octanol–water partition coefficient (Wildman–Crippen LogP) is 4.18. The molecule has 0 saturated heterocycles. The summed E-state index contributed by atoms with van der Waals surface area (Å²) in [5.74, 6) is 1.66. The Kier molecular flexibility index (Phi) is 3.86. The quantitative estimate of drug-likeness (QED) is 0.869. The molecule has 0 aromatic carbocycles. The molecule has 0 radical (unpaired) electrons. The van der Waals surface area contributed by atoms with Gasteiger partial charge in [0.05, 0.1) is 11.9 Å². The molecule has 0 spiro atoms. The highest BCUT2D eigenvalue weighted by Gasteiger charge is 2.38. The molecule has 0 bridgehead atoms. The van der Waals surface area contributed by atoms with E-state index < -0.39 is 5.60 Å². The topological polar surface area (TPSA) is 33.4 Å². The summed E-state index contributed by atoms with van der Waals surface area (Å²) in [5.41, 5.74) is -0.135. The van der Waals surface area contributed by atoms with Crippen LogP contribution < -0.4 is 0 Å². The van der Waals surface area contributed by atoms with Gasteiger partial charge in [0.1, 0.15) is 5.76 Å². The molecule has 1 fully saturated rings. The largest absolute Gasteiger partial charge is 0.469 e. The van der Waals surface area contributed by atoms with Gasteiger partial charge in [-0.3, -0.25) is 0 Å². The van der Waals surface area contributed by atoms with Gasteiger partial charge in [-0.25, -0.2) is 0 Å². The smallest absolute Gasteiger partial charge is 0.106 e. The molecule has 18 heavy (non-hydrogen) atoms. The molecule has 1 aromatic rings. The van der Waals surface area contributed by atoms with Crippen molar-refractivity contribution >= 4 is 0 Å². The SMILES string of the molecule is CCC(C)(C)C1CCC(O)(Cc2ccco2)CC1. The van der Waals surface area contributed by atoms with Gasteiger partial charge in [-0.1, -0.05) is 27.2 Å². The Morgan fingerprint density at radius 1 is 1.39 bits per heavy atom. The Bertz CT molecular complexity index is 356. The number of rotatable bonds is 4. The molecule has 1 aliphatic carbocycles. The van der Waals surface area contributed by atoms with Crippen LogP contribution in [-0.2, 0) is 6.42 Å². The lowest BCUT2D eigenvalue weighted by Crippen LogP contribution is -2.39. The Morgan fingerprint density at radius 2 is 2.06 bits per heavy atom. The zero-order chi connectivity index (χ0) is 13.2.